The highest BCUT2D eigenvalue weighted by Crippen LogP contribution is 2.44. The molecule has 1 saturated heterocycles. The summed E-state index contributed by atoms with van der Waals surface area (Å²) in [5.41, 5.74) is 9.48. The summed E-state index contributed by atoms with van der Waals surface area (Å²) >= 11 is 5.99. The van der Waals surface area contributed by atoms with E-state index in [0.29, 0.717) is 11.2 Å². The number of ether oxygens (including phenoxy) is 1. The average Bonchev–Trinajstić information content (AvgIpc) is 3.65. The standard InChI is InChI=1S/C33H36N4OS/c1-21-10-9-14-30(23(21)3)36-22(2)20-28(24(36)4)32-31(29-13-7-8-19-34-29)35-33(39)37(32)25-15-17-27(18-16-25)38-26-11-5-6-12-26/h7-10,13-20,26,31-32H,5-6,11-12H2,1-4H3,(H,35,39)/t31-,32+/m1/s1. The van der Waals surface area contributed by atoms with Crippen molar-refractivity contribution in [3.05, 3.63) is 107 Å². The van der Waals surface area contributed by atoms with E-state index >= 15 is 0 Å². The van der Waals surface area contributed by atoms with Crippen LogP contribution in [-0.4, -0.2) is 20.8 Å². The van der Waals surface area contributed by atoms with E-state index in [4.69, 9.17) is 21.9 Å². The molecule has 0 radical (unpaired) electrons. The van der Waals surface area contributed by atoms with Crippen molar-refractivity contribution in [3.8, 4) is 11.4 Å². The van der Waals surface area contributed by atoms with Gasteiger partial charge in [-0.05, 0) is 131 Å². The molecule has 2 aromatic heterocycles. The van der Waals surface area contributed by atoms with Crippen LogP contribution in [0.1, 0.15) is 71.5 Å². The minimum Gasteiger partial charge on any atom is -0.490 e. The van der Waals surface area contributed by atoms with Crippen LogP contribution in [0.4, 0.5) is 5.69 Å². The Morgan fingerprint density at radius 1 is 0.923 bits per heavy atom. The predicted molar refractivity (Wildman–Crippen MR) is 162 cm³/mol. The molecule has 1 aliphatic heterocycles. The predicted octanol–water partition coefficient (Wildman–Crippen LogP) is 7.60. The van der Waals surface area contributed by atoms with Crippen LogP contribution in [0.15, 0.2) is 72.9 Å². The molecule has 6 rings (SSSR count). The van der Waals surface area contributed by atoms with Crippen LogP contribution in [0.2, 0.25) is 0 Å². The van der Waals surface area contributed by atoms with Crippen LogP contribution in [-0.2, 0) is 0 Å². The number of nitrogens with zero attached hydrogens (tertiary/aromatic N) is 3. The normalized spacial score (nSPS) is 19.5. The van der Waals surface area contributed by atoms with Crippen molar-refractivity contribution in [2.24, 2.45) is 0 Å². The van der Waals surface area contributed by atoms with Gasteiger partial charge in [0.2, 0.25) is 0 Å². The largest absolute Gasteiger partial charge is 0.490 e. The Kier molecular flexibility index (Phi) is 6.90. The molecule has 1 saturated carbocycles. The van der Waals surface area contributed by atoms with Crippen LogP contribution in [0, 0.1) is 27.7 Å². The van der Waals surface area contributed by atoms with Gasteiger partial charge in [0.05, 0.1) is 23.9 Å². The Labute approximate surface area is 236 Å². The zero-order chi connectivity index (χ0) is 27.1. The van der Waals surface area contributed by atoms with E-state index in [-0.39, 0.29) is 12.1 Å². The lowest BCUT2D eigenvalue weighted by atomic mass is 9.96. The molecule has 6 heteroatoms. The third-order valence-corrected chi connectivity index (χ3v) is 8.74. The van der Waals surface area contributed by atoms with Gasteiger partial charge >= 0.3 is 0 Å². The Morgan fingerprint density at radius 3 is 2.41 bits per heavy atom. The highest BCUT2D eigenvalue weighted by atomic mass is 32.1. The van der Waals surface area contributed by atoms with Gasteiger partial charge in [-0.1, -0.05) is 18.2 Å². The van der Waals surface area contributed by atoms with Gasteiger partial charge in [-0.3, -0.25) is 4.98 Å². The van der Waals surface area contributed by atoms with E-state index in [2.05, 4.69) is 97.1 Å². The van der Waals surface area contributed by atoms with Crippen LogP contribution in [0.5, 0.6) is 5.75 Å². The van der Waals surface area contributed by atoms with Crippen molar-refractivity contribution in [1.82, 2.24) is 14.9 Å². The van der Waals surface area contributed by atoms with Crippen molar-refractivity contribution in [1.29, 1.82) is 0 Å². The molecule has 4 aromatic rings. The molecule has 2 aliphatic rings. The van der Waals surface area contributed by atoms with Gasteiger partial charge in [0.15, 0.2) is 5.11 Å². The Morgan fingerprint density at radius 2 is 1.69 bits per heavy atom. The van der Waals surface area contributed by atoms with Gasteiger partial charge in [0, 0.05) is 29.0 Å². The molecule has 2 atom stereocenters. The molecule has 0 amide bonds. The molecule has 39 heavy (non-hydrogen) atoms. The first-order valence-corrected chi connectivity index (χ1v) is 14.4. The summed E-state index contributed by atoms with van der Waals surface area (Å²) in [6.45, 7) is 8.78. The molecule has 0 spiro atoms. The van der Waals surface area contributed by atoms with Crippen molar-refractivity contribution in [3.63, 3.8) is 0 Å². The van der Waals surface area contributed by atoms with E-state index in [0.717, 1.165) is 30.0 Å². The fraction of sp³-hybridized carbons (Fsp3) is 0.333. The van der Waals surface area contributed by atoms with Crippen LogP contribution in [0.3, 0.4) is 0 Å². The monoisotopic (exact) mass is 536 g/mol. The van der Waals surface area contributed by atoms with Gasteiger partial charge in [-0.25, -0.2) is 0 Å². The molecule has 3 heterocycles. The second-order valence-corrected chi connectivity index (χ2v) is 11.3. The molecule has 200 valence electrons. The Bertz CT molecular complexity index is 1490. The van der Waals surface area contributed by atoms with Gasteiger partial charge in [0.1, 0.15) is 5.75 Å². The molecule has 0 unspecified atom stereocenters. The summed E-state index contributed by atoms with van der Waals surface area (Å²) in [4.78, 5) is 6.99. The summed E-state index contributed by atoms with van der Waals surface area (Å²) in [6.07, 6.45) is 6.99. The maximum absolute atomic E-state index is 6.25. The highest BCUT2D eigenvalue weighted by Gasteiger charge is 2.42. The molecule has 1 aliphatic carbocycles. The van der Waals surface area contributed by atoms with Gasteiger partial charge < -0.3 is 19.5 Å². The van der Waals surface area contributed by atoms with Gasteiger partial charge in [0.25, 0.3) is 0 Å². The topological polar surface area (TPSA) is 42.3 Å². The third kappa shape index (κ3) is 4.71. The SMILES string of the molecule is Cc1cccc(-n2c(C)cc([C@H]3[C@@H](c4ccccn4)NC(=S)N3c3ccc(OC4CCCC4)cc3)c2C)c1C. The maximum Gasteiger partial charge on any atom is 0.174 e. The molecule has 5 nitrogen and oxygen atoms in total. The van der Waals surface area contributed by atoms with Crippen LogP contribution >= 0.6 is 12.2 Å². The number of aromatic nitrogens is 2. The van der Waals surface area contributed by atoms with Crippen LogP contribution in [0.25, 0.3) is 5.69 Å². The number of hydrogen-bond acceptors (Lipinski definition) is 3. The van der Waals surface area contributed by atoms with Crippen molar-refractivity contribution in [2.75, 3.05) is 4.90 Å². The summed E-state index contributed by atoms with van der Waals surface area (Å²) in [7, 11) is 0. The van der Waals surface area contributed by atoms with Crippen molar-refractivity contribution >= 4 is 23.0 Å². The van der Waals surface area contributed by atoms with E-state index in [1.165, 1.54) is 46.6 Å². The van der Waals surface area contributed by atoms with E-state index in [1.54, 1.807) is 0 Å². The third-order valence-electron chi connectivity index (χ3n) is 8.42. The summed E-state index contributed by atoms with van der Waals surface area (Å²) in [5.74, 6) is 0.926. The van der Waals surface area contributed by atoms with E-state index < -0.39 is 0 Å². The van der Waals surface area contributed by atoms with Gasteiger partial charge in [-0.15, -0.1) is 0 Å². The number of benzene rings is 2. The summed E-state index contributed by atoms with van der Waals surface area (Å²) in [6, 6.07) is 23.2. The van der Waals surface area contributed by atoms with E-state index in [9.17, 15) is 0 Å². The molecule has 2 aromatic carbocycles. The number of anilines is 1. The highest BCUT2D eigenvalue weighted by molar-refractivity contribution is 7.80. The first-order valence-electron chi connectivity index (χ1n) is 13.9. The number of rotatable bonds is 6. The van der Waals surface area contributed by atoms with Crippen molar-refractivity contribution in [2.45, 2.75) is 71.6 Å². The Hall–Kier alpha value is -3.64. The molecular weight excluding hydrogens is 500 g/mol. The lowest BCUT2D eigenvalue weighted by molar-refractivity contribution is 0.210. The minimum atomic E-state index is -0.0827. The first-order chi connectivity index (χ1) is 18.9. The fourth-order valence-electron chi connectivity index (χ4n) is 6.27. The number of thiocarbonyl (C=S) groups is 1. The van der Waals surface area contributed by atoms with E-state index in [1.807, 2.05) is 18.3 Å². The molecule has 2 fully saturated rings. The average molecular weight is 537 g/mol. The molecule has 0 bridgehead atoms. The summed E-state index contributed by atoms with van der Waals surface area (Å²) < 4.78 is 8.63. The number of pyridine rings is 1. The second kappa shape index (κ2) is 10.5. The van der Waals surface area contributed by atoms with Crippen LogP contribution < -0.4 is 15.0 Å². The lowest BCUT2D eigenvalue weighted by Crippen LogP contribution is -2.29. The van der Waals surface area contributed by atoms with Gasteiger partial charge in [-0.2, -0.15) is 0 Å². The fourth-order valence-corrected chi connectivity index (χ4v) is 6.61. The minimum absolute atomic E-state index is 0.0564. The van der Waals surface area contributed by atoms with Crippen molar-refractivity contribution < 1.29 is 4.74 Å². The number of aryl methyl sites for hydroxylation is 2. The lowest BCUT2D eigenvalue weighted by Gasteiger charge is -2.28. The Balaban J connectivity index is 1.43. The molecule has 1 N–H and O–H groups in total. The smallest absolute Gasteiger partial charge is 0.174 e. The first kappa shape index (κ1) is 25.6. The summed E-state index contributed by atoms with van der Waals surface area (Å²) in [5, 5.41) is 4.32. The molecular formula is C33H36N4OS. The maximum atomic E-state index is 6.25. The second-order valence-electron chi connectivity index (χ2n) is 10.9. The quantitative estimate of drug-likeness (QED) is 0.257. The number of nitrogens with one attached hydrogen (secondary N) is 1. The number of hydrogen-bond donors (Lipinski definition) is 1. The zero-order valence-corrected chi connectivity index (χ0v) is 24.0. The zero-order valence-electron chi connectivity index (χ0n) is 23.1.